The van der Waals surface area contributed by atoms with Crippen molar-refractivity contribution >= 4 is 5.91 Å². The number of carbonyl (C=O) groups excluding carboxylic acids is 1. The van der Waals surface area contributed by atoms with E-state index >= 15 is 0 Å². The van der Waals surface area contributed by atoms with E-state index in [0.29, 0.717) is 19.4 Å². The van der Waals surface area contributed by atoms with Crippen LogP contribution in [0.3, 0.4) is 0 Å². The molecule has 0 aliphatic rings. The molecular formula is C18H20FNO2. The zero-order chi connectivity index (χ0) is 15.8. The van der Waals surface area contributed by atoms with Gasteiger partial charge in [0.05, 0.1) is 7.11 Å². The number of hydrogen-bond acceptors (Lipinski definition) is 2. The molecule has 2 rings (SSSR count). The van der Waals surface area contributed by atoms with Crippen LogP contribution in [0.15, 0.2) is 48.5 Å². The summed E-state index contributed by atoms with van der Waals surface area (Å²) in [4.78, 5) is 11.8. The molecule has 0 spiro atoms. The van der Waals surface area contributed by atoms with Crippen LogP contribution in [0, 0.1) is 5.82 Å². The Kier molecular flexibility index (Phi) is 5.95. The summed E-state index contributed by atoms with van der Waals surface area (Å²) in [5.41, 5.74) is 2.09. The molecule has 0 saturated carbocycles. The average Bonchev–Trinajstić information content (AvgIpc) is 2.54. The van der Waals surface area contributed by atoms with Crippen LogP contribution in [0.5, 0.6) is 5.75 Å². The number of nitrogens with one attached hydrogen (secondary N) is 1. The summed E-state index contributed by atoms with van der Waals surface area (Å²) in [5, 5.41) is 2.90. The van der Waals surface area contributed by atoms with Crippen LogP contribution < -0.4 is 10.1 Å². The zero-order valence-electron chi connectivity index (χ0n) is 12.6. The molecule has 2 aromatic rings. The zero-order valence-corrected chi connectivity index (χ0v) is 12.6. The van der Waals surface area contributed by atoms with E-state index in [0.717, 1.165) is 23.3 Å². The Morgan fingerprint density at radius 1 is 1.09 bits per heavy atom. The normalized spacial score (nSPS) is 10.3. The Balaban J connectivity index is 1.70. The fourth-order valence-corrected chi connectivity index (χ4v) is 2.17. The van der Waals surface area contributed by atoms with E-state index in [-0.39, 0.29) is 11.7 Å². The standard InChI is InChI=1S/C18H20FNO2/c1-22-17-4-2-3-15(13-17)11-12-20-18(21)10-7-14-5-8-16(19)9-6-14/h2-6,8-9,13H,7,10-12H2,1H3,(H,20,21). The average molecular weight is 301 g/mol. The molecule has 22 heavy (non-hydrogen) atoms. The first kappa shape index (κ1) is 16.0. The summed E-state index contributed by atoms with van der Waals surface area (Å²) in [5.74, 6) is 0.568. The largest absolute Gasteiger partial charge is 0.497 e. The lowest BCUT2D eigenvalue weighted by atomic mass is 10.1. The quantitative estimate of drug-likeness (QED) is 0.853. The van der Waals surface area contributed by atoms with Gasteiger partial charge in [-0.25, -0.2) is 4.39 Å². The molecule has 1 N–H and O–H groups in total. The predicted octanol–water partition coefficient (Wildman–Crippen LogP) is 3.13. The number of halogens is 1. The molecule has 4 heteroatoms. The van der Waals surface area contributed by atoms with Crippen LogP contribution >= 0.6 is 0 Å². The minimum atomic E-state index is -0.258. The summed E-state index contributed by atoms with van der Waals surface area (Å²) >= 11 is 0. The van der Waals surface area contributed by atoms with Gasteiger partial charge in [0, 0.05) is 13.0 Å². The van der Waals surface area contributed by atoms with Crippen molar-refractivity contribution < 1.29 is 13.9 Å². The van der Waals surface area contributed by atoms with Crippen LogP contribution in [0.4, 0.5) is 4.39 Å². The van der Waals surface area contributed by atoms with Gasteiger partial charge in [-0.2, -0.15) is 0 Å². The van der Waals surface area contributed by atoms with Crippen LogP contribution in [0.2, 0.25) is 0 Å². The smallest absolute Gasteiger partial charge is 0.220 e. The summed E-state index contributed by atoms with van der Waals surface area (Å²) in [6.45, 7) is 0.593. The van der Waals surface area contributed by atoms with Gasteiger partial charge in [-0.05, 0) is 48.2 Å². The molecule has 1 amide bonds. The highest BCUT2D eigenvalue weighted by molar-refractivity contribution is 5.76. The van der Waals surface area contributed by atoms with Gasteiger partial charge in [-0.1, -0.05) is 24.3 Å². The summed E-state index contributed by atoms with van der Waals surface area (Å²) < 4.78 is 17.9. The Morgan fingerprint density at radius 3 is 2.59 bits per heavy atom. The molecule has 0 aromatic heterocycles. The van der Waals surface area contributed by atoms with E-state index in [2.05, 4.69) is 5.32 Å². The van der Waals surface area contributed by atoms with Gasteiger partial charge < -0.3 is 10.1 Å². The molecule has 2 aromatic carbocycles. The first-order chi connectivity index (χ1) is 10.7. The van der Waals surface area contributed by atoms with Crippen molar-refractivity contribution in [2.24, 2.45) is 0 Å². The monoisotopic (exact) mass is 301 g/mol. The fraction of sp³-hybridized carbons (Fsp3) is 0.278. The molecule has 0 bridgehead atoms. The first-order valence-electron chi connectivity index (χ1n) is 7.31. The van der Waals surface area contributed by atoms with Crippen molar-refractivity contribution in [2.75, 3.05) is 13.7 Å². The SMILES string of the molecule is COc1cccc(CCNC(=O)CCc2ccc(F)cc2)c1. The Morgan fingerprint density at radius 2 is 1.86 bits per heavy atom. The van der Waals surface area contributed by atoms with Crippen molar-refractivity contribution in [2.45, 2.75) is 19.3 Å². The molecule has 0 aliphatic carbocycles. The molecule has 0 unspecified atom stereocenters. The van der Waals surface area contributed by atoms with Gasteiger partial charge in [-0.15, -0.1) is 0 Å². The van der Waals surface area contributed by atoms with Gasteiger partial charge in [-0.3, -0.25) is 4.79 Å². The van der Waals surface area contributed by atoms with Crippen molar-refractivity contribution in [3.8, 4) is 5.75 Å². The number of aryl methyl sites for hydroxylation is 1. The van der Waals surface area contributed by atoms with Crippen molar-refractivity contribution in [3.63, 3.8) is 0 Å². The Hall–Kier alpha value is -2.36. The van der Waals surface area contributed by atoms with Crippen LogP contribution in [-0.2, 0) is 17.6 Å². The van der Waals surface area contributed by atoms with Gasteiger partial charge in [0.2, 0.25) is 5.91 Å². The third-order valence-electron chi connectivity index (χ3n) is 3.42. The topological polar surface area (TPSA) is 38.3 Å². The first-order valence-corrected chi connectivity index (χ1v) is 7.31. The number of methoxy groups -OCH3 is 1. The molecule has 0 atom stereocenters. The van der Waals surface area contributed by atoms with Gasteiger partial charge >= 0.3 is 0 Å². The van der Waals surface area contributed by atoms with Gasteiger partial charge in [0.1, 0.15) is 11.6 Å². The molecular weight excluding hydrogens is 281 g/mol. The number of rotatable bonds is 7. The van der Waals surface area contributed by atoms with E-state index in [1.165, 1.54) is 12.1 Å². The van der Waals surface area contributed by atoms with E-state index in [4.69, 9.17) is 4.74 Å². The highest BCUT2D eigenvalue weighted by Gasteiger charge is 2.03. The second-order valence-electron chi connectivity index (χ2n) is 5.08. The fourth-order valence-electron chi connectivity index (χ4n) is 2.17. The Labute approximate surface area is 130 Å². The number of amides is 1. The maximum atomic E-state index is 12.8. The van der Waals surface area contributed by atoms with Crippen LogP contribution in [-0.4, -0.2) is 19.6 Å². The van der Waals surface area contributed by atoms with Crippen molar-refractivity contribution in [3.05, 3.63) is 65.5 Å². The third-order valence-corrected chi connectivity index (χ3v) is 3.42. The number of hydrogen-bond donors (Lipinski definition) is 1. The lowest BCUT2D eigenvalue weighted by Crippen LogP contribution is -2.25. The van der Waals surface area contributed by atoms with E-state index in [9.17, 15) is 9.18 Å². The molecule has 0 heterocycles. The minimum absolute atomic E-state index is 0.00669. The molecule has 0 saturated heterocycles. The molecule has 0 aliphatic heterocycles. The second-order valence-corrected chi connectivity index (χ2v) is 5.08. The van der Waals surface area contributed by atoms with E-state index in [1.54, 1.807) is 19.2 Å². The molecule has 3 nitrogen and oxygen atoms in total. The highest BCUT2D eigenvalue weighted by atomic mass is 19.1. The number of benzene rings is 2. The number of ether oxygens (including phenoxy) is 1. The third kappa shape index (κ3) is 5.20. The summed E-state index contributed by atoms with van der Waals surface area (Å²) in [7, 11) is 1.64. The van der Waals surface area contributed by atoms with E-state index < -0.39 is 0 Å². The summed E-state index contributed by atoms with van der Waals surface area (Å²) in [6.07, 6.45) is 1.79. The van der Waals surface area contributed by atoms with Crippen LogP contribution in [0.1, 0.15) is 17.5 Å². The maximum Gasteiger partial charge on any atom is 0.220 e. The van der Waals surface area contributed by atoms with Gasteiger partial charge in [0.15, 0.2) is 0 Å². The van der Waals surface area contributed by atoms with Crippen molar-refractivity contribution in [1.29, 1.82) is 0 Å². The highest BCUT2D eigenvalue weighted by Crippen LogP contribution is 2.12. The molecule has 116 valence electrons. The van der Waals surface area contributed by atoms with Crippen molar-refractivity contribution in [1.82, 2.24) is 5.32 Å². The lowest BCUT2D eigenvalue weighted by molar-refractivity contribution is -0.121. The predicted molar refractivity (Wildman–Crippen MR) is 84.4 cm³/mol. The maximum absolute atomic E-state index is 12.8. The number of carbonyl (C=O) groups is 1. The second kappa shape index (κ2) is 8.17. The van der Waals surface area contributed by atoms with E-state index in [1.807, 2.05) is 24.3 Å². The molecule has 0 fully saturated rings. The van der Waals surface area contributed by atoms with Gasteiger partial charge in [0.25, 0.3) is 0 Å². The minimum Gasteiger partial charge on any atom is -0.497 e. The lowest BCUT2D eigenvalue weighted by Gasteiger charge is -2.07. The van der Waals surface area contributed by atoms with Crippen LogP contribution in [0.25, 0.3) is 0 Å². The molecule has 0 radical (unpaired) electrons. The Bertz CT molecular complexity index is 611. The summed E-state index contributed by atoms with van der Waals surface area (Å²) in [6, 6.07) is 14.0.